The Labute approximate surface area is 126 Å². The van der Waals surface area contributed by atoms with Gasteiger partial charge in [-0.05, 0) is 56.2 Å². The molecular formula is C18H19N3. The summed E-state index contributed by atoms with van der Waals surface area (Å²) in [7, 11) is 2.05. The second kappa shape index (κ2) is 4.82. The molecule has 0 radical (unpaired) electrons. The van der Waals surface area contributed by atoms with Gasteiger partial charge in [0.15, 0.2) is 0 Å². The van der Waals surface area contributed by atoms with Crippen LogP contribution in [0, 0.1) is 25.2 Å². The van der Waals surface area contributed by atoms with Gasteiger partial charge in [-0.25, -0.2) is 0 Å². The lowest BCUT2D eigenvalue weighted by molar-refractivity contribution is 0.733. The first-order valence-corrected chi connectivity index (χ1v) is 7.17. The van der Waals surface area contributed by atoms with E-state index in [1.165, 1.54) is 16.8 Å². The summed E-state index contributed by atoms with van der Waals surface area (Å²) in [4.78, 5) is 4.46. The van der Waals surface area contributed by atoms with Crippen molar-refractivity contribution in [1.29, 1.82) is 5.26 Å². The molecule has 0 unspecified atom stereocenters. The molecule has 106 valence electrons. The maximum absolute atomic E-state index is 9.35. The van der Waals surface area contributed by atoms with Crippen LogP contribution in [0.15, 0.2) is 36.4 Å². The zero-order valence-electron chi connectivity index (χ0n) is 12.9. The van der Waals surface area contributed by atoms with Gasteiger partial charge in [0, 0.05) is 12.7 Å². The van der Waals surface area contributed by atoms with E-state index in [0.29, 0.717) is 0 Å². The molecule has 0 saturated heterocycles. The van der Waals surface area contributed by atoms with Crippen LogP contribution in [0.25, 0.3) is 0 Å². The minimum Gasteiger partial charge on any atom is -0.351 e. The van der Waals surface area contributed by atoms with Gasteiger partial charge in [0.2, 0.25) is 0 Å². The van der Waals surface area contributed by atoms with E-state index in [1.807, 2.05) is 19.2 Å². The van der Waals surface area contributed by atoms with E-state index in [4.69, 9.17) is 0 Å². The van der Waals surface area contributed by atoms with Gasteiger partial charge in [0.1, 0.15) is 12.2 Å². The van der Waals surface area contributed by atoms with Crippen LogP contribution in [-0.2, 0) is 0 Å². The Hall–Kier alpha value is -2.47. The van der Waals surface area contributed by atoms with Gasteiger partial charge in [-0.3, -0.25) is 0 Å². The highest BCUT2D eigenvalue weighted by Crippen LogP contribution is 2.45. The molecule has 2 aromatic carbocycles. The third kappa shape index (κ3) is 1.95. The second-order valence-electron chi connectivity index (χ2n) is 5.67. The van der Waals surface area contributed by atoms with Gasteiger partial charge in [-0.1, -0.05) is 12.1 Å². The molecule has 1 atom stereocenters. The number of anilines is 3. The number of hydrogen-bond donors (Lipinski definition) is 0. The van der Waals surface area contributed by atoms with Crippen LogP contribution in [0.1, 0.15) is 23.6 Å². The molecule has 3 heteroatoms. The summed E-state index contributed by atoms with van der Waals surface area (Å²) in [5.74, 6) is 0. The van der Waals surface area contributed by atoms with E-state index >= 15 is 0 Å². The molecule has 3 nitrogen and oxygen atoms in total. The molecule has 0 bridgehead atoms. The predicted octanol–water partition coefficient (Wildman–Crippen LogP) is 4.11. The summed E-state index contributed by atoms with van der Waals surface area (Å²) in [5, 5.41) is 9.35. The Morgan fingerprint density at radius 2 is 1.86 bits per heavy atom. The highest BCUT2D eigenvalue weighted by atomic mass is 15.4. The fraction of sp³-hybridized carbons (Fsp3) is 0.278. The molecule has 0 spiro atoms. The summed E-state index contributed by atoms with van der Waals surface area (Å²) in [6, 6.07) is 14.8. The maximum Gasteiger partial charge on any atom is 0.103 e. The number of nitrogens with zero attached hydrogens (tertiary/aromatic N) is 3. The fourth-order valence-electron chi connectivity index (χ4n) is 2.98. The molecule has 0 fully saturated rings. The quantitative estimate of drug-likeness (QED) is 0.786. The molecule has 2 aromatic rings. The molecule has 0 aromatic heterocycles. The van der Waals surface area contributed by atoms with Crippen LogP contribution in [-0.4, -0.2) is 13.2 Å². The van der Waals surface area contributed by atoms with Crippen molar-refractivity contribution >= 4 is 17.1 Å². The summed E-state index contributed by atoms with van der Waals surface area (Å²) in [6.07, 6.45) is 0.191. The van der Waals surface area contributed by atoms with E-state index in [-0.39, 0.29) is 6.17 Å². The highest BCUT2D eigenvalue weighted by Gasteiger charge is 2.33. The van der Waals surface area contributed by atoms with Crippen molar-refractivity contribution in [2.24, 2.45) is 0 Å². The van der Waals surface area contributed by atoms with Gasteiger partial charge < -0.3 is 9.80 Å². The van der Waals surface area contributed by atoms with Crippen molar-refractivity contribution in [1.82, 2.24) is 0 Å². The van der Waals surface area contributed by atoms with Crippen LogP contribution in [0.2, 0.25) is 0 Å². The van der Waals surface area contributed by atoms with Crippen LogP contribution < -0.4 is 9.80 Å². The maximum atomic E-state index is 9.35. The number of aryl methyl sites for hydroxylation is 2. The number of para-hydroxylation sites is 1. The Morgan fingerprint density at radius 1 is 1.10 bits per heavy atom. The van der Waals surface area contributed by atoms with E-state index in [1.54, 1.807) is 0 Å². The fourth-order valence-corrected chi connectivity index (χ4v) is 2.98. The number of rotatable bonds is 1. The lowest BCUT2D eigenvalue weighted by atomic mass is 10.1. The van der Waals surface area contributed by atoms with Crippen molar-refractivity contribution in [3.63, 3.8) is 0 Å². The van der Waals surface area contributed by atoms with E-state index in [0.717, 1.165) is 16.9 Å². The molecule has 3 rings (SSSR count). The lowest BCUT2D eigenvalue weighted by Gasteiger charge is -2.28. The SMILES string of the molecule is Cc1ccc(N2c3cccc(C#N)c3N(C)[C@@H]2C)cc1C. The Balaban J connectivity index is 2.18. The normalized spacial score (nSPS) is 16.8. The Morgan fingerprint density at radius 3 is 2.52 bits per heavy atom. The topological polar surface area (TPSA) is 30.3 Å². The summed E-state index contributed by atoms with van der Waals surface area (Å²) in [6.45, 7) is 6.42. The molecule has 1 heterocycles. The van der Waals surface area contributed by atoms with Crippen molar-refractivity contribution in [2.75, 3.05) is 16.8 Å². The van der Waals surface area contributed by atoms with Crippen molar-refractivity contribution < 1.29 is 0 Å². The van der Waals surface area contributed by atoms with Gasteiger partial charge in [0.05, 0.1) is 16.9 Å². The third-order valence-corrected chi connectivity index (χ3v) is 4.45. The molecule has 0 N–H and O–H groups in total. The minimum absolute atomic E-state index is 0.191. The smallest absolute Gasteiger partial charge is 0.103 e. The molecule has 21 heavy (non-hydrogen) atoms. The number of benzene rings is 2. The van der Waals surface area contributed by atoms with Gasteiger partial charge in [-0.15, -0.1) is 0 Å². The van der Waals surface area contributed by atoms with Crippen molar-refractivity contribution in [2.45, 2.75) is 26.9 Å². The number of fused-ring (bicyclic) bond motifs is 1. The summed E-state index contributed by atoms with van der Waals surface area (Å²) in [5.41, 5.74) is 6.61. The van der Waals surface area contributed by atoms with Crippen molar-refractivity contribution in [3.05, 3.63) is 53.1 Å². The lowest BCUT2D eigenvalue weighted by Crippen LogP contribution is -2.35. The summed E-state index contributed by atoms with van der Waals surface area (Å²) >= 11 is 0. The first kappa shape index (κ1) is 13.5. The second-order valence-corrected chi connectivity index (χ2v) is 5.67. The Kier molecular flexibility index (Phi) is 3.10. The van der Waals surface area contributed by atoms with Crippen molar-refractivity contribution in [3.8, 4) is 6.07 Å². The zero-order valence-corrected chi connectivity index (χ0v) is 12.9. The van der Waals surface area contributed by atoms with Crippen LogP contribution in [0.3, 0.4) is 0 Å². The largest absolute Gasteiger partial charge is 0.351 e. The van der Waals surface area contributed by atoms with Gasteiger partial charge in [-0.2, -0.15) is 5.26 Å². The van der Waals surface area contributed by atoms with E-state index in [2.05, 4.69) is 60.9 Å². The average molecular weight is 277 g/mol. The first-order chi connectivity index (χ1) is 10.0. The van der Waals surface area contributed by atoms with E-state index < -0.39 is 0 Å². The highest BCUT2D eigenvalue weighted by molar-refractivity contribution is 5.87. The Bertz CT molecular complexity index is 743. The molecule has 1 aliphatic rings. The summed E-state index contributed by atoms with van der Waals surface area (Å²) < 4.78 is 0. The monoisotopic (exact) mass is 277 g/mol. The molecule has 0 aliphatic carbocycles. The zero-order chi connectivity index (χ0) is 15.1. The molecular weight excluding hydrogens is 258 g/mol. The molecule has 1 aliphatic heterocycles. The average Bonchev–Trinajstić information content (AvgIpc) is 2.74. The van der Waals surface area contributed by atoms with Crippen LogP contribution >= 0.6 is 0 Å². The predicted molar refractivity (Wildman–Crippen MR) is 87.1 cm³/mol. The van der Waals surface area contributed by atoms with Gasteiger partial charge >= 0.3 is 0 Å². The minimum atomic E-state index is 0.191. The van der Waals surface area contributed by atoms with E-state index in [9.17, 15) is 5.26 Å². The molecule has 0 saturated carbocycles. The number of hydrogen-bond acceptors (Lipinski definition) is 3. The molecule has 0 amide bonds. The van der Waals surface area contributed by atoms with Crippen LogP contribution in [0.4, 0.5) is 17.1 Å². The van der Waals surface area contributed by atoms with Crippen LogP contribution in [0.5, 0.6) is 0 Å². The third-order valence-electron chi connectivity index (χ3n) is 4.45. The first-order valence-electron chi connectivity index (χ1n) is 7.17. The van der Waals surface area contributed by atoms with Gasteiger partial charge in [0.25, 0.3) is 0 Å². The standard InChI is InChI=1S/C18H19N3/c1-12-8-9-16(10-13(12)2)21-14(3)20(4)18-15(11-19)6-5-7-17(18)21/h5-10,14H,1-4H3/t14-/m0/s1. The number of nitriles is 1.